The van der Waals surface area contributed by atoms with E-state index >= 15 is 0 Å². The quantitative estimate of drug-likeness (QED) is 0.826. The molecule has 0 spiro atoms. The molecule has 0 amide bonds. The van der Waals surface area contributed by atoms with Crippen LogP contribution in [0, 0.1) is 11.6 Å². The summed E-state index contributed by atoms with van der Waals surface area (Å²) in [6.45, 7) is 0. The van der Waals surface area contributed by atoms with Crippen LogP contribution in [-0.2, 0) is 5.54 Å². The first-order valence-corrected chi connectivity index (χ1v) is 7.59. The maximum atomic E-state index is 13.7. The Bertz CT molecular complexity index is 647. The fourth-order valence-electron chi connectivity index (χ4n) is 2.94. The summed E-state index contributed by atoms with van der Waals surface area (Å²) in [5.74, 6) is -0.562. The predicted octanol–water partition coefficient (Wildman–Crippen LogP) is 4.31. The van der Waals surface area contributed by atoms with Crippen molar-refractivity contribution >= 4 is 23.0 Å². The molecule has 1 aromatic heterocycles. The molecule has 1 aliphatic carbocycles. The zero-order chi connectivity index (χ0) is 15.6. The second kappa shape index (κ2) is 6.04. The van der Waals surface area contributed by atoms with E-state index in [9.17, 15) is 8.78 Å². The van der Waals surface area contributed by atoms with Crippen LogP contribution in [0.15, 0.2) is 41.0 Å². The molecular weight excluding hydrogens is 306 g/mol. The molecule has 6 heteroatoms. The van der Waals surface area contributed by atoms with Gasteiger partial charge in [-0.25, -0.2) is 8.78 Å². The van der Waals surface area contributed by atoms with Gasteiger partial charge >= 0.3 is 0 Å². The third-order valence-corrected chi connectivity index (χ3v) is 4.21. The second-order valence-electron chi connectivity index (χ2n) is 5.44. The summed E-state index contributed by atoms with van der Waals surface area (Å²) in [6, 6.07) is 7.40. The number of hydrogen-bond donors (Lipinski definition) is 2. The molecule has 0 aliphatic heterocycles. The molecule has 1 saturated carbocycles. The maximum Gasteiger partial charge on any atom is 0.171 e. The van der Waals surface area contributed by atoms with Crippen molar-refractivity contribution in [3.05, 3.63) is 54.0 Å². The van der Waals surface area contributed by atoms with Gasteiger partial charge in [0.1, 0.15) is 23.1 Å². The van der Waals surface area contributed by atoms with Crippen LogP contribution in [0.5, 0.6) is 0 Å². The lowest BCUT2D eigenvalue weighted by Crippen LogP contribution is -2.45. The van der Waals surface area contributed by atoms with Gasteiger partial charge in [-0.1, -0.05) is 18.9 Å². The highest BCUT2D eigenvalue weighted by Crippen LogP contribution is 2.39. The van der Waals surface area contributed by atoms with Crippen molar-refractivity contribution in [1.82, 2.24) is 5.32 Å². The lowest BCUT2D eigenvalue weighted by molar-refractivity contribution is 0.317. The highest BCUT2D eigenvalue weighted by atomic mass is 32.1. The molecule has 2 aromatic rings. The summed E-state index contributed by atoms with van der Waals surface area (Å²) in [7, 11) is 0. The van der Waals surface area contributed by atoms with Crippen molar-refractivity contribution < 1.29 is 13.2 Å². The van der Waals surface area contributed by atoms with Gasteiger partial charge in [0.2, 0.25) is 0 Å². The Balaban J connectivity index is 1.78. The molecule has 0 saturated heterocycles. The van der Waals surface area contributed by atoms with Crippen LogP contribution in [0.25, 0.3) is 0 Å². The van der Waals surface area contributed by atoms with E-state index in [4.69, 9.17) is 16.6 Å². The number of rotatable bonds is 3. The topological polar surface area (TPSA) is 37.2 Å². The summed E-state index contributed by atoms with van der Waals surface area (Å²) in [6.07, 6.45) is 5.43. The molecule has 3 nitrogen and oxygen atoms in total. The lowest BCUT2D eigenvalue weighted by Gasteiger charge is -2.29. The van der Waals surface area contributed by atoms with Gasteiger partial charge in [-0.3, -0.25) is 0 Å². The number of nitrogens with one attached hydrogen (secondary N) is 2. The van der Waals surface area contributed by atoms with Gasteiger partial charge in [0, 0.05) is 0 Å². The smallest absolute Gasteiger partial charge is 0.171 e. The summed E-state index contributed by atoms with van der Waals surface area (Å²) in [5, 5.41) is 5.99. The van der Waals surface area contributed by atoms with Gasteiger partial charge in [-0.15, -0.1) is 0 Å². The number of halogens is 2. The molecule has 1 fully saturated rings. The van der Waals surface area contributed by atoms with Crippen molar-refractivity contribution in [1.29, 1.82) is 0 Å². The lowest BCUT2D eigenvalue weighted by atomic mass is 9.94. The average molecular weight is 322 g/mol. The van der Waals surface area contributed by atoms with E-state index in [-0.39, 0.29) is 10.8 Å². The van der Waals surface area contributed by atoms with Crippen LogP contribution in [0.4, 0.5) is 14.5 Å². The monoisotopic (exact) mass is 322 g/mol. The van der Waals surface area contributed by atoms with Gasteiger partial charge < -0.3 is 15.1 Å². The SMILES string of the molecule is Fc1cccc(F)c1NC(=S)NC1(c2ccco2)CCCC1. The van der Waals surface area contributed by atoms with E-state index in [0.717, 1.165) is 31.4 Å². The Morgan fingerprint density at radius 3 is 2.36 bits per heavy atom. The maximum absolute atomic E-state index is 13.7. The molecule has 0 radical (unpaired) electrons. The Morgan fingerprint density at radius 2 is 1.77 bits per heavy atom. The fourth-order valence-corrected chi connectivity index (χ4v) is 3.24. The van der Waals surface area contributed by atoms with Crippen LogP contribution in [0.3, 0.4) is 0 Å². The predicted molar refractivity (Wildman–Crippen MR) is 84.6 cm³/mol. The van der Waals surface area contributed by atoms with Crippen LogP contribution in [0.1, 0.15) is 31.4 Å². The van der Waals surface area contributed by atoms with Crippen LogP contribution in [0.2, 0.25) is 0 Å². The first kappa shape index (κ1) is 15.0. The van der Waals surface area contributed by atoms with Gasteiger partial charge in [0.15, 0.2) is 5.11 Å². The molecule has 116 valence electrons. The van der Waals surface area contributed by atoms with Crippen molar-refractivity contribution in [2.24, 2.45) is 0 Å². The first-order chi connectivity index (χ1) is 10.6. The van der Waals surface area contributed by atoms with Crippen molar-refractivity contribution in [2.45, 2.75) is 31.2 Å². The first-order valence-electron chi connectivity index (χ1n) is 7.18. The zero-order valence-corrected chi connectivity index (χ0v) is 12.7. The van der Waals surface area contributed by atoms with E-state index < -0.39 is 17.2 Å². The normalized spacial score (nSPS) is 16.5. The average Bonchev–Trinajstić information content (AvgIpc) is 3.14. The fraction of sp³-hybridized carbons (Fsp3) is 0.312. The minimum absolute atomic E-state index is 0.183. The Hall–Kier alpha value is -1.95. The van der Waals surface area contributed by atoms with E-state index in [1.807, 2.05) is 12.1 Å². The number of para-hydroxylation sites is 1. The molecule has 22 heavy (non-hydrogen) atoms. The summed E-state index contributed by atoms with van der Waals surface area (Å²) in [5.41, 5.74) is -0.650. The third kappa shape index (κ3) is 2.83. The van der Waals surface area contributed by atoms with E-state index in [0.29, 0.717) is 0 Å². The minimum atomic E-state index is -0.678. The number of hydrogen-bond acceptors (Lipinski definition) is 2. The van der Waals surface area contributed by atoms with Crippen LogP contribution >= 0.6 is 12.2 Å². The minimum Gasteiger partial charge on any atom is -0.467 e. The molecule has 0 atom stereocenters. The van der Waals surface area contributed by atoms with Gasteiger partial charge in [-0.05, 0) is 49.3 Å². The van der Waals surface area contributed by atoms with Crippen molar-refractivity contribution in [3.8, 4) is 0 Å². The molecule has 1 aliphatic rings. The van der Waals surface area contributed by atoms with E-state index in [1.165, 1.54) is 18.2 Å². The third-order valence-electron chi connectivity index (χ3n) is 4.00. The van der Waals surface area contributed by atoms with Gasteiger partial charge in [0.25, 0.3) is 0 Å². The van der Waals surface area contributed by atoms with E-state index in [1.54, 1.807) is 6.26 Å². The van der Waals surface area contributed by atoms with Crippen molar-refractivity contribution in [2.75, 3.05) is 5.32 Å². The largest absolute Gasteiger partial charge is 0.467 e. The number of anilines is 1. The molecule has 1 heterocycles. The molecule has 1 aromatic carbocycles. The highest BCUT2D eigenvalue weighted by molar-refractivity contribution is 7.80. The molecule has 3 rings (SSSR count). The van der Waals surface area contributed by atoms with Crippen LogP contribution in [-0.4, -0.2) is 5.11 Å². The number of furan rings is 1. The molecule has 0 unspecified atom stereocenters. The summed E-state index contributed by atoms with van der Waals surface area (Å²) >= 11 is 5.24. The zero-order valence-electron chi connectivity index (χ0n) is 11.9. The highest BCUT2D eigenvalue weighted by Gasteiger charge is 2.38. The van der Waals surface area contributed by atoms with Crippen LogP contribution < -0.4 is 10.6 Å². The van der Waals surface area contributed by atoms with Crippen molar-refractivity contribution in [3.63, 3.8) is 0 Å². The van der Waals surface area contributed by atoms with Gasteiger partial charge in [0.05, 0.1) is 11.8 Å². The van der Waals surface area contributed by atoms with E-state index in [2.05, 4.69) is 10.6 Å². The molecule has 2 N–H and O–H groups in total. The Morgan fingerprint density at radius 1 is 1.09 bits per heavy atom. The standard InChI is InChI=1S/C16H16F2N2OS/c17-11-5-3-6-12(18)14(11)19-15(22)20-16(8-1-2-9-16)13-7-4-10-21-13/h3-7,10H,1-2,8-9H2,(H2,19,20,22). The number of benzene rings is 1. The summed E-state index contributed by atoms with van der Waals surface area (Å²) in [4.78, 5) is 0. The van der Waals surface area contributed by atoms with Gasteiger partial charge in [-0.2, -0.15) is 0 Å². The molecular formula is C16H16F2N2OS. The summed E-state index contributed by atoms with van der Waals surface area (Å²) < 4.78 is 32.9. The molecule has 0 bridgehead atoms. The Kier molecular flexibility index (Phi) is 4.11. The second-order valence-corrected chi connectivity index (χ2v) is 5.85. The number of thiocarbonyl (C=S) groups is 1. The Labute approximate surface area is 132 Å².